The zero-order chi connectivity index (χ0) is 11.7. The molecule has 2 N–H and O–H groups in total. The third kappa shape index (κ3) is 1.85. The molecule has 0 spiro atoms. The molecule has 1 aromatic carbocycles. The van der Waals surface area contributed by atoms with Crippen LogP contribution in [-0.4, -0.2) is 19.6 Å². The topological polar surface area (TPSA) is 29.3 Å². The normalized spacial score (nSPS) is 22.5. The number of hydrogen-bond donors (Lipinski definition) is 1. The average Bonchev–Trinajstić information content (AvgIpc) is 2.83. The van der Waals surface area contributed by atoms with Crippen LogP contribution in [0, 0.1) is 0 Å². The summed E-state index contributed by atoms with van der Waals surface area (Å²) in [4.78, 5) is 2.49. The van der Waals surface area contributed by atoms with Crippen LogP contribution in [0.4, 0.5) is 5.69 Å². The highest BCUT2D eigenvalue weighted by atomic mass is 15.1. The van der Waals surface area contributed by atoms with Crippen LogP contribution in [0.2, 0.25) is 0 Å². The van der Waals surface area contributed by atoms with Gasteiger partial charge in [0.1, 0.15) is 0 Å². The van der Waals surface area contributed by atoms with E-state index in [9.17, 15) is 0 Å². The zero-order valence-corrected chi connectivity index (χ0v) is 10.5. The number of benzene rings is 1. The molecule has 0 atom stereocenters. The lowest BCUT2D eigenvalue weighted by Crippen LogP contribution is -2.41. The van der Waals surface area contributed by atoms with Crippen molar-refractivity contribution in [3.05, 3.63) is 29.8 Å². The van der Waals surface area contributed by atoms with E-state index in [1.807, 2.05) is 0 Å². The molecular weight excluding hydrogens is 208 g/mol. The van der Waals surface area contributed by atoms with Crippen LogP contribution in [0.15, 0.2) is 24.3 Å². The third-order valence-corrected chi connectivity index (χ3v) is 4.65. The van der Waals surface area contributed by atoms with E-state index in [0.717, 1.165) is 6.54 Å². The lowest BCUT2D eigenvalue weighted by molar-refractivity contribution is 0.253. The minimum atomic E-state index is 0.309. The van der Waals surface area contributed by atoms with Crippen LogP contribution < -0.4 is 10.6 Å². The molecule has 1 heterocycles. The Kier molecular flexibility index (Phi) is 2.83. The fraction of sp³-hybridized carbons (Fsp3) is 0.600. The highest BCUT2D eigenvalue weighted by Gasteiger charge is 2.37. The molecule has 1 aromatic rings. The van der Waals surface area contributed by atoms with Crippen LogP contribution in [0.3, 0.4) is 0 Å². The molecule has 2 nitrogen and oxygen atoms in total. The number of hydrogen-bond acceptors (Lipinski definition) is 2. The fourth-order valence-electron chi connectivity index (χ4n) is 3.22. The van der Waals surface area contributed by atoms with Gasteiger partial charge in [-0.15, -0.1) is 0 Å². The molecule has 0 aromatic heterocycles. The van der Waals surface area contributed by atoms with Crippen molar-refractivity contribution in [3.8, 4) is 0 Å². The van der Waals surface area contributed by atoms with Crippen LogP contribution in [0.25, 0.3) is 0 Å². The number of nitrogens with two attached hydrogens (primary N) is 1. The summed E-state index contributed by atoms with van der Waals surface area (Å²) in [6.07, 6.45) is 6.56. The van der Waals surface area contributed by atoms with Gasteiger partial charge < -0.3 is 10.6 Å². The van der Waals surface area contributed by atoms with Crippen molar-refractivity contribution in [2.24, 2.45) is 5.73 Å². The Hall–Kier alpha value is -1.02. The second kappa shape index (κ2) is 4.34. The summed E-state index contributed by atoms with van der Waals surface area (Å²) in [7, 11) is 0. The maximum absolute atomic E-state index is 5.95. The lowest BCUT2D eigenvalue weighted by atomic mass is 9.64. The molecule has 2 heteroatoms. The van der Waals surface area contributed by atoms with Crippen molar-refractivity contribution in [1.82, 2.24) is 0 Å². The van der Waals surface area contributed by atoms with E-state index in [0.29, 0.717) is 5.41 Å². The standard InChI is InChI=1S/C15H22N2/c16-12-15(8-3-9-15)13-4-6-14(7-5-13)17-10-1-2-11-17/h4-7H,1-3,8-12,16H2. The molecule has 0 unspecified atom stereocenters. The SMILES string of the molecule is NCC1(c2ccc(N3CCCC3)cc2)CCC1. The first-order valence-corrected chi connectivity index (χ1v) is 6.90. The monoisotopic (exact) mass is 230 g/mol. The number of nitrogens with zero attached hydrogens (tertiary/aromatic N) is 1. The van der Waals surface area contributed by atoms with Crippen molar-refractivity contribution < 1.29 is 0 Å². The first kappa shape index (κ1) is 11.1. The minimum absolute atomic E-state index is 0.309. The van der Waals surface area contributed by atoms with Gasteiger partial charge in [-0.05, 0) is 43.4 Å². The minimum Gasteiger partial charge on any atom is -0.372 e. The van der Waals surface area contributed by atoms with Gasteiger partial charge in [0.15, 0.2) is 0 Å². The van der Waals surface area contributed by atoms with Gasteiger partial charge in [0.2, 0.25) is 0 Å². The molecule has 1 saturated carbocycles. The predicted molar refractivity (Wildman–Crippen MR) is 72.5 cm³/mol. The largest absolute Gasteiger partial charge is 0.372 e. The van der Waals surface area contributed by atoms with Crippen LogP contribution in [0.5, 0.6) is 0 Å². The zero-order valence-electron chi connectivity index (χ0n) is 10.5. The van der Waals surface area contributed by atoms with E-state index in [1.165, 1.54) is 56.4 Å². The second-order valence-electron chi connectivity index (χ2n) is 5.58. The second-order valence-corrected chi connectivity index (χ2v) is 5.58. The van der Waals surface area contributed by atoms with Crippen LogP contribution >= 0.6 is 0 Å². The molecule has 1 saturated heterocycles. The van der Waals surface area contributed by atoms with Gasteiger partial charge >= 0.3 is 0 Å². The van der Waals surface area contributed by atoms with Gasteiger partial charge in [0.05, 0.1) is 0 Å². The molecule has 92 valence electrons. The number of anilines is 1. The van der Waals surface area contributed by atoms with Crippen molar-refractivity contribution in [1.29, 1.82) is 0 Å². The predicted octanol–water partition coefficient (Wildman–Crippen LogP) is 2.67. The summed E-state index contributed by atoms with van der Waals surface area (Å²) in [5.74, 6) is 0. The third-order valence-electron chi connectivity index (χ3n) is 4.65. The Morgan fingerprint density at radius 2 is 1.65 bits per heavy atom. The molecule has 1 aliphatic carbocycles. The van der Waals surface area contributed by atoms with Gasteiger partial charge in [0.25, 0.3) is 0 Å². The molecule has 0 amide bonds. The first-order valence-electron chi connectivity index (χ1n) is 6.90. The highest BCUT2D eigenvalue weighted by molar-refractivity contribution is 5.49. The maximum Gasteiger partial charge on any atom is 0.0366 e. The quantitative estimate of drug-likeness (QED) is 0.865. The van der Waals surface area contributed by atoms with Gasteiger partial charge in [-0.1, -0.05) is 18.6 Å². The van der Waals surface area contributed by atoms with Crippen LogP contribution in [-0.2, 0) is 5.41 Å². The van der Waals surface area contributed by atoms with E-state index < -0.39 is 0 Å². The molecule has 0 radical (unpaired) electrons. The Labute approximate surface area is 104 Å². The Morgan fingerprint density at radius 1 is 1.00 bits per heavy atom. The van der Waals surface area contributed by atoms with E-state index >= 15 is 0 Å². The Morgan fingerprint density at radius 3 is 2.12 bits per heavy atom. The Bertz CT molecular complexity index is 367. The van der Waals surface area contributed by atoms with Crippen molar-refractivity contribution >= 4 is 5.69 Å². The van der Waals surface area contributed by atoms with E-state index in [4.69, 9.17) is 5.73 Å². The highest BCUT2D eigenvalue weighted by Crippen LogP contribution is 2.43. The smallest absolute Gasteiger partial charge is 0.0366 e. The molecule has 17 heavy (non-hydrogen) atoms. The average molecular weight is 230 g/mol. The molecular formula is C15H22N2. The van der Waals surface area contributed by atoms with Gasteiger partial charge in [-0.25, -0.2) is 0 Å². The fourth-order valence-corrected chi connectivity index (χ4v) is 3.22. The summed E-state index contributed by atoms with van der Waals surface area (Å²) < 4.78 is 0. The first-order chi connectivity index (χ1) is 8.34. The molecule has 3 rings (SSSR count). The van der Waals surface area contributed by atoms with Crippen molar-refractivity contribution in [2.75, 3.05) is 24.5 Å². The summed E-state index contributed by atoms with van der Waals surface area (Å²) >= 11 is 0. The molecule has 0 bridgehead atoms. The maximum atomic E-state index is 5.95. The number of rotatable bonds is 3. The van der Waals surface area contributed by atoms with Crippen molar-refractivity contribution in [3.63, 3.8) is 0 Å². The summed E-state index contributed by atoms with van der Waals surface area (Å²) in [6.45, 7) is 3.25. The molecule has 2 aliphatic rings. The molecule has 2 fully saturated rings. The lowest BCUT2D eigenvalue weighted by Gasteiger charge is -2.41. The molecule has 1 aliphatic heterocycles. The van der Waals surface area contributed by atoms with Crippen LogP contribution in [0.1, 0.15) is 37.7 Å². The summed E-state index contributed by atoms with van der Waals surface area (Å²) in [6, 6.07) is 9.19. The van der Waals surface area contributed by atoms with E-state index in [2.05, 4.69) is 29.2 Å². The van der Waals surface area contributed by atoms with E-state index in [-0.39, 0.29) is 0 Å². The summed E-state index contributed by atoms with van der Waals surface area (Å²) in [5, 5.41) is 0. The van der Waals surface area contributed by atoms with Gasteiger partial charge in [-0.3, -0.25) is 0 Å². The van der Waals surface area contributed by atoms with Gasteiger partial charge in [0, 0.05) is 30.7 Å². The summed E-state index contributed by atoms with van der Waals surface area (Å²) in [5.41, 5.74) is 9.10. The Balaban J connectivity index is 1.79. The van der Waals surface area contributed by atoms with Crippen molar-refractivity contribution in [2.45, 2.75) is 37.5 Å². The van der Waals surface area contributed by atoms with E-state index in [1.54, 1.807) is 0 Å². The van der Waals surface area contributed by atoms with Gasteiger partial charge in [-0.2, -0.15) is 0 Å².